The predicted octanol–water partition coefficient (Wildman–Crippen LogP) is 3.89. The summed E-state index contributed by atoms with van der Waals surface area (Å²) in [5.74, 6) is -0.0837. The number of thiophene rings is 1. The first kappa shape index (κ1) is 21.9. The van der Waals surface area contributed by atoms with Crippen LogP contribution < -0.4 is 5.32 Å². The van der Waals surface area contributed by atoms with Crippen molar-refractivity contribution in [2.24, 2.45) is 0 Å². The Balaban J connectivity index is 1.57. The van der Waals surface area contributed by atoms with Gasteiger partial charge in [0.15, 0.2) is 5.65 Å². The zero-order chi connectivity index (χ0) is 22.1. The Morgan fingerprint density at radius 3 is 2.68 bits per heavy atom. The first-order chi connectivity index (χ1) is 14.8. The summed E-state index contributed by atoms with van der Waals surface area (Å²) >= 11 is 1.68. The summed E-state index contributed by atoms with van der Waals surface area (Å²) in [4.78, 5) is 22.7. The Bertz CT molecular complexity index is 1060. The van der Waals surface area contributed by atoms with Crippen molar-refractivity contribution in [3.63, 3.8) is 0 Å². The average molecular weight is 442 g/mol. The van der Waals surface area contributed by atoms with Crippen molar-refractivity contribution in [1.29, 1.82) is 0 Å². The molecule has 0 aliphatic carbocycles. The molecule has 2 atom stereocenters. The highest BCUT2D eigenvalue weighted by Gasteiger charge is 2.23. The second kappa shape index (κ2) is 9.06. The number of carbonyl (C=O) groups is 1. The lowest BCUT2D eigenvalue weighted by atomic mass is 10.1. The van der Waals surface area contributed by atoms with Crippen LogP contribution in [0.25, 0.3) is 21.6 Å². The molecule has 1 amide bonds. The molecule has 3 aromatic heterocycles. The zero-order valence-corrected chi connectivity index (χ0v) is 19.7. The molecule has 4 heterocycles. The molecule has 31 heavy (non-hydrogen) atoms. The van der Waals surface area contributed by atoms with E-state index in [-0.39, 0.29) is 24.2 Å². The minimum Gasteiger partial charge on any atom is -0.373 e. The topological polar surface area (TPSA) is 72.3 Å². The normalized spacial score (nSPS) is 19.9. The second-order valence-corrected chi connectivity index (χ2v) is 9.95. The van der Waals surface area contributed by atoms with Crippen LogP contribution in [0.4, 0.5) is 0 Å². The van der Waals surface area contributed by atoms with Gasteiger partial charge in [0.2, 0.25) is 0 Å². The molecule has 0 radical (unpaired) electrons. The molecule has 1 aliphatic heterocycles. The van der Waals surface area contributed by atoms with E-state index >= 15 is 0 Å². The van der Waals surface area contributed by atoms with Crippen molar-refractivity contribution >= 4 is 28.3 Å². The monoisotopic (exact) mass is 441 g/mol. The first-order valence-electron chi connectivity index (χ1n) is 10.9. The molecule has 1 aliphatic rings. The summed E-state index contributed by atoms with van der Waals surface area (Å²) in [5.41, 5.74) is 2.19. The van der Waals surface area contributed by atoms with Crippen molar-refractivity contribution in [2.75, 3.05) is 26.2 Å². The fourth-order valence-electron chi connectivity index (χ4n) is 4.17. The molecule has 1 saturated heterocycles. The largest absolute Gasteiger partial charge is 0.373 e. The summed E-state index contributed by atoms with van der Waals surface area (Å²) in [6.07, 6.45) is 2.20. The average Bonchev–Trinajstić information content (AvgIpc) is 3.32. The number of aryl methyl sites for hydroxylation is 1. The van der Waals surface area contributed by atoms with Crippen LogP contribution in [0.15, 0.2) is 24.4 Å². The summed E-state index contributed by atoms with van der Waals surface area (Å²) in [7, 11) is 0. The van der Waals surface area contributed by atoms with Gasteiger partial charge in [0.25, 0.3) is 5.91 Å². The third-order valence-electron chi connectivity index (χ3n) is 5.50. The number of ether oxygens (including phenoxy) is 1. The highest BCUT2D eigenvalue weighted by Crippen LogP contribution is 2.30. The molecule has 1 N–H and O–H groups in total. The van der Waals surface area contributed by atoms with Crippen LogP contribution in [-0.4, -0.2) is 64.0 Å². The fraction of sp³-hybridized carbons (Fsp3) is 0.522. The van der Waals surface area contributed by atoms with Gasteiger partial charge in [0.1, 0.15) is 0 Å². The molecule has 2 unspecified atom stereocenters. The van der Waals surface area contributed by atoms with E-state index in [2.05, 4.69) is 62.1 Å². The van der Waals surface area contributed by atoms with Crippen LogP contribution in [0.3, 0.4) is 0 Å². The molecular formula is C23H31N5O2S. The van der Waals surface area contributed by atoms with Crippen LogP contribution in [-0.2, 0) is 4.74 Å². The van der Waals surface area contributed by atoms with E-state index in [0.717, 1.165) is 41.2 Å². The number of rotatable bonds is 6. The lowest BCUT2D eigenvalue weighted by Crippen LogP contribution is -2.47. The lowest BCUT2D eigenvalue weighted by molar-refractivity contribution is -0.0672. The third-order valence-corrected chi connectivity index (χ3v) is 6.53. The molecule has 3 aromatic rings. The Morgan fingerprint density at radius 2 is 2.03 bits per heavy atom. The molecule has 0 spiro atoms. The highest BCUT2D eigenvalue weighted by atomic mass is 32.1. The molecule has 1 fully saturated rings. The summed E-state index contributed by atoms with van der Waals surface area (Å²) in [6, 6.07) is 6.20. The molecular weight excluding hydrogens is 410 g/mol. The van der Waals surface area contributed by atoms with E-state index in [1.165, 1.54) is 4.88 Å². The number of hydrogen-bond acceptors (Lipinski definition) is 6. The number of carbonyl (C=O) groups excluding carboxylic acids is 1. The van der Waals surface area contributed by atoms with E-state index in [0.29, 0.717) is 12.1 Å². The summed E-state index contributed by atoms with van der Waals surface area (Å²) in [6.45, 7) is 13.6. The summed E-state index contributed by atoms with van der Waals surface area (Å²) in [5, 5.41) is 8.40. The maximum Gasteiger partial charge on any atom is 0.252 e. The van der Waals surface area contributed by atoms with Gasteiger partial charge in [0, 0.05) is 37.1 Å². The Labute approximate surface area is 187 Å². The number of morpholine rings is 1. The van der Waals surface area contributed by atoms with Crippen molar-refractivity contribution in [1.82, 2.24) is 25.0 Å². The molecule has 4 rings (SSSR count). The summed E-state index contributed by atoms with van der Waals surface area (Å²) < 4.78 is 7.68. The Morgan fingerprint density at radius 1 is 1.29 bits per heavy atom. The number of nitrogens with zero attached hydrogens (tertiary/aromatic N) is 4. The number of nitrogens with one attached hydrogen (secondary N) is 1. The molecule has 7 nitrogen and oxygen atoms in total. The van der Waals surface area contributed by atoms with Crippen molar-refractivity contribution in [3.8, 4) is 10.6 Å². The first-order valence-corrected chi connectivity index (χ1v) is 11.7. The number of amides is 1. The van der Waals surface area contributed by atoms with Crippen LogP contribution in [0.2, 0.25) is 0 Å². The van der Waals surface area contributed by atoms with E-state index in [1.807, 2.05) is 10.7 Å². The SMILES string of the molecule is Cc1ccc(-c2cc(C(=O)NCCN3CC(C)OC(C)C3)c3cnn(C(C)C)c3n2)s1. The van der Waals surface area contributed by atoms with Gasteiger partial charge >= 0.3 is 0 Å². The molecule has 8 heteroatoms. The molecule has 0 bridgehead atoms. The number of fused-ring (bicyclic) bond motifs is 1. The third kappa shape index (κ3) is 4.81. The molecule has 0 aromatic carbocycles. The van der Waals surface area contributed by atoms with Gasteiger partial charge in [0.05, 0.1) is 39.9 Å². The Hall–Kier alpha value is -2.29. The highest BCUT2D eigenvalue weighted by molar-refractivity contribution is 7.15. The van der Waals surface area contributed by atoms with Gasteiger partial charge in [-0.25, -0.2) is 9.67 Å². The molecule has 0 saturated carbocycles. The van der Waals surface area contributed by atoms with Gasteiger partial charge in [-0.05, 0) is 52.8 Å². The zero-order valence-electron chi connectivity index (χ0n) is 18.9. The number of aromatic nitrogens is 3. The van der Waals surface area contributed by atoms with Crippen LogP contribution in [0.1, 0.15) is 49.0 Å². The van der Waals surface area contributed by atoms with Gasteiger partial charge in [-0.1, -0.05) is 0 Å². The predicted molar refractivity (Wildman–Crippen MR) is 125 cm³/mol. The minimum atomic E-state index is -0.0837. The second-order valence-electron chi connectivity index (χ2n) is 8.66. The van der Waals surface area contributed by atoms with Crippen LogP contribution in [0, 0.1) is 6.92 Å². The van der Waals surface area contributed by atoms with Crippen molar-refractivity contribution in [2.45, 2.75) is 52.9 Å². The quantitative estimate of drug-likeness (QED) is 0.628. The fourth-order valence-corrected chi connectivity index (χ4v) is 5.00. The van der Waals surface area contributed by atoms with Gasteiger partial charge in [-0.3, -0.25) is 9.69 Å². The van der Waals surface area contributed by atoms with E-state index < -0.39 is 0 Å². The van der Waals surface area contributed by atoms with Crippen molar-refractivity contribution < 1.29 is 9.53 Å². The van der Waals surface area contributed by atoms with Gasteiger partial charge < -0.3 is 10.1 Å². The number of hydrogen-bond donors (Lipinski definition) is 1. The van der Waals surface area contributed by atoms with Crippen LogP contribution >= 0.6 is 11.3 Å². The van der Waals surface area contributed by atoms with Crippen LogP contribution in [0.5, 0.6) is 0 Å². The maximum atomic E-state index is 13.2. The van der Waals surface area contributed by atoms with Gasteiger partial charge in [-0.2, -0.15) is 5.10 Å². The Kier molecular flexibility index (Phi) is 6.41. The van der Waals surface area contributed by atoms with Gasteiger partial charge in [-0.15, -0.1) is 11.3 Å². The van der Waals surface area contributed by atoms with Crippen molar-refractivity contribution in [3.05, 3.63) is 34.8 Å². The van der Waals surface area contributed by atoms with E-state index in [1.54, 1.807) is 17.5 Å². The molecule has 166 valence electrons. The maximum absolute atomic E-state index is 13.2. The standard InChI is InChI=1S/C23H31N5O2S/c1-14(2)28-22-19(11-25-28)18(10-20(26-22)21-7-6-17(5)31-21)23(29)24-8-9-27-12-15(3)30-16(4)13-27/h6-7,10-11,14-16H,8-9,12-13H2,1-5H3,(H,24,29). The van der Waals surface area contributed by atoms with E-state index in [4.69, 9.17) is 9.72 Å². The minimum absolute atomic E-state index is 0.0837. The smallest absolute Gasteiger partial charge is 0.252 e. The lowest BCUT2D eigenvalue weighted by Gasteiger charge is -2.35. The number of pyridine rings is 1. The van der Waals surface area contributed by atoms with E-state index in [9.17, 15) is 4.79 Å².